The van der Waals surface area contributed by atoms with Crippen molar-refractivity contribution in [1.82, 2.24) is 9.62 Å². The molecule has 1 fully saturated rings. The van der Waals surface area contributed by atoms with Gasteiger partial charge in [-0.1, -0.05) is 23.7 Å². The van der Waals surface area contributed by atoms with E-state index in [2.05, 4.69) is 0 Å². The van der Waals surface area contributed by atoms with Gasteiger partial charge in [-0.25, -0.2) is 17.9 Å². The summed E-state index contributed by atoms with van der Waals surface area (Å²) in [5.41, 5.74) is 0.164. The van der Waals surface area contributed by atoms with Gasteiger partial charge in [-0.15, -0.1) is 0 Å². The first-order valence-electron chi connectivity index (χ1n) is 12.0. The van der Waals surface area contributed by atoms with E-state index < -0.39 is 39.3 Å². The number of hydrogen-bond donors (Lipinski definition) is 1. The Hall–Kier alpha value is -3.01. The number of nitriles is 1. The van der Waals surface area contributed by atoms with Crippen LogP contribution in [-0.2, 0) is 14.8 Å². The number of nitrogens with one attached hydrogen (secondary N) is 1. The third kappa shape index (κ3) is 8.74. The van der Waals surface area contributed by atoms with Crippen molar-refractivity contribution in [3.8, 4) is 11.8 Å². The second kappa shape index (κ2) is 12.0. The highest BCUT2D eigenvalue weighted by atomic mass is 35.5. The molecule has 8 nitrogen and oxygen atoms in total. The number of carbonyl (C=O) groups is 1. The Morgan fingerprint density at radius 2 is 1.85 bits per heavy atom. The molecule has 1 amide bonds. The van der Waals surface area contributed by atoms with E-state index >= 15 is 0 Å². The van der Waals surface area contributed by atoms with Gasteiger partial charge in [0.25, 0.3) is 0 Å². The van der Waals surface area contributed by atoms with Gasteiger partial charge in [-0.2, -0.15) is 18.4 Å². The summed E-state index contributed by atoms with van der Waals surface area (Å²) in [4.78, 5) is 13.8. The molecule has 1 N–H and O–H groups in total. The highest BCUT2D eigenvalue weighted by Crippen LogP contribution is 2.35. The second-order valence-electron chi connectivity index (χ2n) is 10.2. The molecule has 1 aliphatic heterocycles. The Bertz CT molecular complexity index is 1320. The highest BCUT2D eigenvalue weighted by Gasteiger charge is 2.35. The lowest BCUT2D eigenvalue weighted by Gasteiger charge is -2.39. The Labute approximate surface area is 230 Å². The number of nitrogens with zero attached hydrogens (tertiary/aromatic N) is 2. The first-order chi connectivity index (χ1) is 18.1. The van der Waals surface area contributed by atoms with Crippen LogP contribution in [0.2, 0.25) is 5.02 Å². The lowest BCUT2D eigenvalue weighted by atomic mass is 9.81. The quantitative estimate of drug-likeness (QED) is 0.460. The third-order valence-corrected chi connectivity index (χ3v) is 7.63. The molecule has 0 unspecified atom stereocenters. The van der Waals surface area contributed by atoms with Crippen LogP contribution in [0.5, 0.6) is 5.75 Å². The van der Waals surface area contributed by atoms with E-state index in [4.69, 9.17) is 21.1 Å². The number of likely N-dealkylation sites (tertiary alicyclic amines) is 1. The average molecular weight is 588 g/mol. The lowest BCUT2D eigenvalue weighted by molar-refractivity contribution is -0.121. The van der Waals surface area contributed by atoms with Crippen LogP contribution < -0.4 is 9.46 Å². The van der Waals surface area contributed by atoms with Gasteiger partial charge in [0.05, 0.1) is 17.1 Å². The zero-order chi connectivity index (χ0) is 29.0. The van der Waals surface area contributed by atoms with E-state index in [0.717, 1.165) is 17.7 Å². The van der Waals surface area contributed by atoms with Crippen molar-refractivity contribution in [3.05, 3.63) is 58.6 Å². The maximum absolute atomic E-state index is 12.7. The Morgan fingerprint density at radius 3 is 2.44 bits per heavy atom. The fourth-order valence-corrected chi connectivity index (χ4v) is 5.36. The average Bonchev–Trinajstić information content (AvgIpc) is 2.85. The van der Waals surface area contributed by atoms with Gasteiger partial charge in [0.2, 0.25) is 10.0 Å². The van der Waals surface area contributed by atoms with Crippen LogP contribution in [0.25, 0.3) is 0 Å². The summed E-state index contributed by atoms with van der Waals surface area (Å²) < 4.78 is 74.9. The maximum atomic E-state index is 12.7. The molecule has 2 aromatic carbocycles. The van der Waals surface area contributed by atoms with Crippen LogP contribution >= 0.6 is 11.6 Å². The number of alkyl halides is 3. The SMILES string of the molecule is CC(C)(C)OC(=O)N1CC[C@@H](c2ccc(Cl)cc2)[C@H](COc2ccc(S(=O)(=O)NCC(F)(F)F)cc2C#N)C1. The lowest BCUT2D eigenvalue weighted by Crippen LogP contribution is -2.46. The molecule has 2 aromatic rings. The number of hydrogen-bond acceptors (Lipinski definition) is 6. The van der Waals surface area contributed by atoms with E-state index in [9.17, 15) is 31.6 Å². The second-order valence-corrected chi connectivity index (χ2v) is 12.4. The zero-order valence-corrected chi connectivity index (χ0v) is 23.2. The smallest absolute Gasteiger partial charge is 0.410 e. The molecule has 212 valence electrons. The predicted molar refractivity (Wildman–Crippen MR) is 138 cm³/mol. The number of benzene rings is 2. The molecular formula is C26H29ClF3N3O5S. The standard InChI is InChI=1S/C26H29ClF3N3O5S/c1-25(2,3)38-24(34)33-11-10-22(17-4-6-20(27)7-5-17)19(14-33)15-37-23-9-8-21(12-18(23)13-31)39(35,36)32-16-26(28,29)30/h4-9,12,19,22,32H,10-11,14-16H2,1-3H3/t19-,22-/m0/s1. The minimum Gasteiger partial charge on any atom is -0.492 e. The Kier molecular flexibility index (Phi) is 9.41. The molecule has 13 heteroatoms. The summed E-state index contributed by atoms with van der Waals surface area (Å²) in [7, 11) is -4.50. The largest absolute Gasteiger partial charge is 0.492 e. The van der Waals surface area contributed by atoms with E-state index in [1.807, 2.05) is 18.2 Å². The molecule has 1 aliphatic rings. The first kappa shape index (κ1) is 30.5. The fraction of sp³-hybridized carbons (Fsp3) is 0.462. The number of ether oxygens (including phenoxy) is 2. The van der Waals surface area contributed by atoms with Crippen molar-refractivity contribution in [2.45, 2.75) is 49.8 Å². The summed E-state index contributed by atoms with van der Waals surface area (Å²) in [5.74, 6) is -0.176. The van der Waals surface area contributed by atoms with E-state index in [1.165, 1.54) is 10.8 Å². The Balaban J connectivity index is 1.81. The Morgan fingerprint density at radius 1 is 1.18 bits per heavy atom. The van der Waals surface area contributed by atoms with Crippen molar-refractivity contribution < 1.29 is 35.9 Å². The molecule has 0 bridgehead atoms. The van der Waals surface area contributed by atoms with Crippen molar-refractivity contribution in [2.24, 2.45) is 5.92 Å². The molecule has 0 aromatic heterocycles. The van der Waals surface area contributed by atoms with Gasteiger partial charge in [0.15, 0.2) is 0 Å². The van der Waals surface area contributed by atoms with Crippen molar-refractivity contribution in [2.75, 3.05) is 26.2 Å². The molecule has 39 heavy (non-hydrogen) atoms. The number of carbonyl (C=O) groups excluding carboxylic acids is 1. The first-order valence-corrected chi connectivity index (χ1v) is 13.9. The summed E-state index contributed by atoms with van der Waals surface area (Å²) >= 11 is 6.05. The topological polar surface area (TPSA) is 109 Å². The number of rotatable bonds is 7. The van der Waals surface area contributed by atoms with Crippen LogP contribution in [0.4, 0.5) is 18.0 Å². The third-order valence-electron chi connectivity index (χ3n) is 5.98. The fourth-order valence-electron chi connectivity index (χ4n) is 4.19. The number of halogens is 4. The van der Waals surface area contributed by atoms with Crippen molar-refractivity contribution in [1.29, 1.82) is 5.26 Å². The molecule has 0 spiro atoms. The molecule has 1 heterocycles. The van der Waals surface area contributed by atoms with E-state index in [0.29, 0.717) is 24.5 Å². The number of piperidine rings is 1. The molecule has 2 atom stereocenters. The van der Waals surface area contributed by atoms with Gasteiger partial charge in [0, 0.05) is 24.0 Å². The monoisotopic (exact) mass is 587 g/mol. The van der Waals surface area contributed by atoms with Crippen LogP contribution in [0.3, 0.4) is 0 Å². The molecule has 3 rings (SSSR count). The van der Waals surface area contributed by atoms with Gasteiger partial charge < -0.3 is 14.4 Å². The minimum atomic E-state index is -4.73. The van der Waals surface area contributed by atoms with Crippen molar-refractivity contribution >= 4 is 27.7 Å². The van der Waals surface area contributed by atoms with Gasteiger partial charge in [-0.05, 0) is 69.0 Å². The molecule has 0 saturated carbocycles. The number of sulfonamides is 1. The molecule has 0 radical (unpaired) electrons. The summed E-state index contributed by atoms with van der Waals surface area (Å²) in [5, 5.41) is 10.2. The molecule has 0 aliphatic carbocycles. The highest BCUT2D eigenvalue weighted by molar-refractivity contribution is 7.89. The minimum absolute atomic E-state index is 0.0160. The van der Waals surface area contributed by atoms with Gasteiger partial charge in [0.1, 0.15) is 24.0 Å². The molecule has 1 saturated heterocycles. The summed E-state index contributed by atoms with van der Waals surface area (Å²) in [6, 6.07) is 12.4. The maximum Gasteiger partial charge on any atom is 0.410 e. The zero-order valence-electron chi connectivity index (χ0n) is 21.6. The van der Waals surface area contributed by atoms with Crippen molar-refractivity contribution in [3.63, 3.8) is 0 Å². The van der Waals surface area contributed by atoms with Crippen LogP contribution in [0.1, 0.15) is 44.2 Å². The van der Waals surface area contributed by atoms with Crippen LogP contribution in [-0.4, -0.2) is 57.4 Å². The predicted octanol–water partition coefficient (Wildman–Crippen LogP) is 5.47. The van der Waals surface area contributed by atoms with Crippen LogP contribution in [0.15, 0.2) is 47.4 Å². The van der Waals surface area contributed by atoms with Crippen LogP contribution in [0, 0.1) is 17.2 Å². The summed E-state index contributed by atoms with van der Waals surface area (Å²) in [6.07, 6.45) is -4.58. The van der Waals surface area contributed by atoms with Gasteiger partial charge >= 0.3 is 12.3 Å². The summed E-state index contributed by atoms with van der Waals surface area (Å²) in [6.45, 7) is 4.42. The van der Waals surface area contributed by atoms with E-state index in [-0.39, 0.29) is 29.8 Å². The van der Waals surface area contributed by atoms with E-state index in [1.54, 1.807) is 37.8 Å². The van der Waals surface area contributed by atoms with Gasteiger partial charge in [-0.3, -0.25) is 0 Å². The normalized spacial score (nSPS) is 18.4. The molecular weight excluding hydrogens is 559 g/mol. The number of amides is 1.